The minimum atomic E-state index is -5.13. The second kappa shape index (κ2) is 11.5. The first kappa shape index (κ1) is 27.5. The molecule has 14 heteroatoms. The van der Waals surface area contributed by atoms with E-state index in [1.54, 1.807) is 7.11 Å². The van der Waals surface area contributed by atoms with Crippen molar-refractivity contribution in [2.45, 2.75) is 18.3 Å². The average Bonchev–Trinajstić information content (AvgIpc) is 3.40. The van der Waals surface area contributed by atoms with E-state index in [2.05, 4.69) is 10.3 Å². The van der Waals surface area contributed by atoms with Crippen molar-refractivity contribution in [2.75, 3.05) is 51.3 Å². The maximum absolute atomic E-state index is 13.3. The summed E-state index contributed by atoms with van der Waals surface area (Å²) in [7, 11) is -3.50. The lowest BCUT2D eigenvalue weighted by atomic mass is 10.1. The van der Waals surface area contributed by atoms with Gasteiger partial charge in [0.25, 0.3) is 11.8 Å². The van der Waals surface area contributed by atoms with Gasteiger partial charge in [0.05, 0.1) is 11.8 Å². The second-order valence-electron chi connectivity index (χ2n) is 9.11. The molecule has 3 heterocycles. The van der Waals surface area contributed by atoms with Crippen LogP contribution in [0, 0.1) is 0 Å². The third kappa shape index (κ3) is 6.30. The van der Waals surface area contributed by atoms with Crippen LogP contribution >= 0.6 is 7.60 Å². The van der Waals surface area contributed by atoms with E-state index in [-0.39, 0.29) is 38.0 Å². The van der Waals surface area contributed by atoms with Gasteiger partial charge in [-0.2, -0.15) is 0 Å². The Balaban J connectivity index is 1.60. The zero-order valence-electron chi connectivity index (χ0n) is 20.8. The number of nitrogens with one attached hydrogen (secondary N) is 1. The quantitative estimate of drug-likeness (QED) is 0.367. The fraction of sp³-hybridized carbons (Fsp3) is 0.417. The number of carbonyl (C=O) groups excluding carboxylic acids is 2. The Bertz CT molecular complexity index is 1230. The van der Waals surface area contributed by atoms with E-state index in [1.165, 1.54) is 6.07 Å². The van der Waals surface area contributed by atoms with Gasteiger partial charge in [0.1, 0.15) is 5.69 Å². The SMILES string of the molecule is CO[C@H]1CCN(c2cc(C(=O)NC(C(=O)N3CCN(C(=O)O)CC3)P(=O)(O)O)nc(-c3ccccc3)c2)C1. The lowest BCUT2D eigenvalue weighted by Crippen LogP contribution is -2.55. The Morgan fingerprint density at radius 3 is 2.29 bits per heavy atom. The molecular formula is C24H30N5O8P. The predicted molar refractivity (Wildman–Crippen MR) is 137 cm³/mol. The molecule has 2 aliphatic rings. The molecule has 2 aromatic rings. The number of rotatable bonds is 7. The van der Waals surface area contributed by atoms with Crippen molar-refractivity contribution in [3.63, 3.8) is 0 Å². The number of piperazine rings is 1. The van der Waals surface area contributed by atoms with Crippen molar-refractivity contribution in [1.82, 2.24) is 20.1 Å². The van der Waals surface area contributed by atoms with E-state index in [1.807, 2.05) is 41.3 Å². The highest BCUT2D eigenvalue weighted by atomic mass is 31.2. The van der Waals surface area contributed by atoms with E-state index in [9.17, 15) is 28.7 Å². The monoisotopic (exact) mass is 547 g/mol. The largest absolute Gasteiger partial charge is 0.465 e. The Labute approximate surface area is 219 Å². The molecule has 2 aliphatic heterocycles. The van der Waals surface area contributed by atoms with Crippen LogP contribution < -0.4 is 10.2 Å². The van der Waals surface area contributed by atoms with Crippen LogP contribution in [0.2, 0.25) is 0 Å². The van der Waals surface area contributed by atoms with Gasteiger partial charge in [-0.25, -0.2) is 9.78 Å². The van der Waals surface area contributed by atoms with Crippen LogP contribution in [0.25, 0.3) is 11.3 Å². The molecule has 2 saturated heterocycles. The zero-order chi connectivity index (χ0) is 27.4. The average molecular weight is 548 g/mol. The molecule has 204 valence electrons. The van der Waals surface area contributed by atoms with Crippen LogP contribution in [0.5, 0.6) is 0 Å². The molecule has 13 nitrogen and oxygen atoms in total. The standard InChI is InChI=1S/C24H30N5O8P/c1-37-18-7-8-29(15-18)17-13-19(16-5-3-2-4-6-16)25-20(14-17)21(30)26-22(38(34,35)36)23(31)27-9-11-28(12-10-27)24(32)33/h2-6,13-14,18,22H,7-12,15H2,1H3,(H,26,30)(H,32,33)(H2,34,35,36)/t18-,22?/m0/s1. The van der Waals surface area contributed by atoms with Crippen LogP contribution in [-0.2, 0) is 14.1 Å². The molecule has 2 fully saturated rings. The Morgan fingerprint density at radius 2 is 1.71 bits per heavy atom. The number of carboxylic acid groups (broad SMARTS) is 1. The van der Waals surface area contributed by atoms with Gasteiger partial charge in [-0.05, 0) is 18.6 Å². The third-order valence-corrected chi connectivity index (χ3v) is 7.68. The van der Waals surface area contributed by atoms with Crippen molar-refractivity contribution in [2.24, 2.45) is 0 Å². The van der Waals surface area contributed by atoms with Gasteiger partial charge >= 0.3 is 13.7 Å². The van der Waals surface area contributed by atoms with Gasteiger partial charge < -0.3 is 39.6 Å². The number of carbonyl (C=O) groups is 3. The minimum absolute atomic E-state index is 0.00869. The summed E-state index contributed by atoms with van der Waals surface area (Å²) >= 11 is 0. The first-order valence-corrected chi connectivity index (χ1v) is 13.7. The number of aromatic nitrogens is 1. The molecule has 4 N–H and O–H groups in total. The zero-order valence-corrected chi connectivity index (χ0v) is 21.7. The van der Waals surface area contributed by atoms with E-state index in [4.69, 9.17) is 9.84 Å². The fourth-order valence-corrected chi connectivity index (χ4v) is 5.24. The van der Waals surface area contributed by atoms with Crippen LogP contribution in [0.4, 0.5) is 10.5 Å². The number of anilines is 1. The summed E-state index contributed by atoms with van der Waals surface area (Å²) in [5.74, 6) is -4.04. The molecular weight excluding hydrogens is 517 g/mol. The van der Waals surface area contributed by atoms with Crippen molar-refractivity contribution < 1.29 is 38.6 Å². The number of benzene rings is 1. The molecule has 0 spiro atoms. The Kier molecular flexibility index (Phi) is 8.32. The van der Waals surface area contributed by atoms with Crippen molar-refractivity contribution in [3.05, 3.63) is 48.2 Å². The highest BCUT2D eigenvalue weighted by Gasteiger charge is 2.41. The molecule has 2 atom stereocenters. The topological polar surface area (TPSA) is 173 Å². The number of hydrogen-bond donors (Lipinski definition) is 4. The highest BCUT2D eigenvalue weighted by Crippen LogP contribution is 2.41. The minimum Gasteiger partial charge on any atom is -0.465 e. The predicted octanol–water partition coefficient (Wildman–Crippen LogP) is 1.03. The number of amides is 3. The van der Waals surface area contributed by atoms with E-state index < -0.39 is 31.3 Å². The second-order valence-corrected chi connectivity index (χ2v) is 10.8. The van der Waals surface area contributed by atoms with E-state index in [0.717, 1.165) is 21.8 Å². The highest BCUT2D eigenvalue weighted by molar-refractivity contribution is 7.53. The smallest absolute Gasteiger partial charge is 0.407 e. The van der Waals surface area contributed by atoms with Gasteiger partial charge in [-0.1, -0.05) is 30.3 Å². The van der Waals surface area contributed by atoms with Crippen molar-refractivity contribution >= 4 is 31.2 Å². The summed E-state index contributed by atoms with van der Waals surface area (Å²) in [5, 5.41) is 11.3. The van der Waals surface area contributed by atoms with Gasteiger partial charge in [-0.15, -0.1) is 0 Å². The number of nitrogens with zero attached hydrogens (tertiary/aromatic N) is 4. The maximum atomic E-state index is 13.3. The molecule has 1 aromatic heterocycles. The first-order valence-electron chi connectivity index (χ1n) is 12.0. The molecule has 1 aromatic carbocycles. The number of methoxy groups -OCH3 is 1. The third-order valence-electron chi connectivity index (χ3n) is 6.66. The number of ether oxygens (including phenoxy) is 1. The van der Waals surface area contributed by atoms with Gasteiger partial charge in [0, 0.05) is 57.6 Å². The summed E-state index contributed by atoms with van der Waals surface area (Å²) in [6.07, 6.45) is -0.323. The summed E-state index contributed by atoms with van der Waals surface area (Å²) < 4.78 is 17.7. The number of hydrogen-bond acceptors (Lipinski definition) is 7. The summed E-state index contributed by atoms with van der Waals surface area (Å²) in [5.41, 5.74) is 1.80. The molecule has 3 amide bonds. The van der Waals surface area contributed by atoms with Crippen LogP contribution in [-0.4, -0.2) is 106 Å². The summed E-state index contributed by atoms with van der Waals surface area (Å²) in [4.78, 5) is 66.0. The molecule has 0 radical (unpaired) electrons. The van der Waals surface area contributed by atoms with Crippen molar-refractivity contribution in [1.29, 1.82) is 0 Å². The number of pyridine rings is 1. The molecule has 4 rings (SSSR count). The van der Waals surface area contributed by atoms with Crippen LogP contribution in [0.1, 0.15) is 16.9 Å². The summed E-state index contributed by atoms with van der Waals surface area (Å²) in [6, 6.07) is 12.5. The lowest BCUT2D eigenvalue weighted by Gasteiger charge is -2.35. The van der Waals surface area contributed by atoms with Gasteiger partial charge in [0.15, 0.2) is 0 Å². The molecule has 0 bridgehead atoms. The fourth-order valence-electron chi connectivity index (χ4n) is 4.51. The Morgan fingerprint density at radius 1 is 1.05 bits per heavy atom. The maximum Gasteiger partial charge on any atom is 0.407 e. The molecule has 1 unspecified atom stereocenters. The summed E-state index contributed by atoms with van der Waals surface area (Å²) in [6.45, 7) is 1.15. The molecule has 38 heavy (non-hydrogen) atoms. The van der Waals surface area contributed by atoms with Crippen LogP contribution in [0.15, 0.2) is 42.5 Å². The van der Waals surface area contributed by atoms with Gasteiger partial charge in [0.2, 0.25) is 5.78 Å². The molecule has 0 saturated carbocycles. The Hall–Kier alpha value is -3.51. The van der Waals surface area contributed by atoms with Gasteiger partial charge in [-0.3, -0.25) is 14.2 Å². The molecule has 0 aliphatic carbocycles. The van der Waals surface area contributed by atoms with Crippen molar-refractivity contribution in [3.8, 4) is 11.3 Å². The van der Waals surface area contributed by atoms with E-state index >= 15 is 0 Å². The van der Waals surface area contributed by atoms with Crippen LogP contribution in [0.3, 0.4) is 0 Å². The lowest BCUT2D eigenvalue weighted by molar-refractivity contribution is -0.133. The van der Waals surface area contributed by atoms with E-state index in [0.29, 0.717) is 24.5 Å². The first-order chi connectivity index (χ1) is 18.1. The normalized spacial score (nSPS) is 18.8.